The van der Waals surface area contributed by atoms with E-state index < -0.39 is 42.3 Å². The van der Waals surface area contributed by atoms with Crippen LogP contribution < -0.4 is 20.7 Å². The van der Waals surface area contributed by atoms with Crippen LogP contribution in [-0.2, 0) is 41.3 Å². The van der Waals surface area contributed by atoms with Crippen molar-refractivity contribution in [2.24, 2.45) is 0 Å². The molecule has 0 saturated carbocycles. The van der Waals surface area contributed by atoms with E-state index in [1.807, 2.05) is 87.2 Å². The van der Waals surface area contributed by atoms with Crippen LogP contribution in [0.5, 0.6) is 5.75 Å². The molecule has 4 rings (SSSR count). The molecule has 2 aromatic carbocycles. The number of ether oxygens (including phenoxy) is 2. The smallest absolute Gasteiger partial charge is 0.482 e. The summed E-state index contributed by atoms with van der Waals surface area (Å²) in [4.78, 5) is 42.1. The summed E-state index contributed by atoms with van der Waals surface area (Å²) in [5, 5.41) is 8.78. The SMILES string of the molecule is COc1ccc(C[C@H](NC(=O)[C@H](C)NC(=O)CN2CCOCC2)C(=O)N[C@@H](Cc2ccccc2)B2OC(C)(C)C(C)(C)O2)cc1. The molecule has 0 aromatic heterocycles. The van der Waals surface area contributed by atoms with Gasteiger partial charge in [0.05, 0.1) is 44.0 Å². The first-order valence-corrected chi connectivity index (χ1v) is 15.6. The lowest BCUT2D eigenvalue weighted by Gasteiger charge is -2.32. The van der Waals surface area contributed by atoms with Crippen molar-refractivity contribution in [2.75, 3.05) is 40.0 Å². The lowest BCUT2D eigenvalue weighted by molar-refractivity contribution is -0.132. The summed E-state index contributed by atoms with van der Waals surface area (Å²) in [6.07, 6.45) is 0.679. The van der Waals surface area contributed by atoms with Crippen molar-refractivity contribution in [3.05, 3.63) is 65.7 Å². The van der Waals surface area contributed by atoms with Crippen molar-refractivity contribution in [1.82, 2.24) is 20.9 Å². The minimum atomic E-state index is -0.940. The molecule has 2 saturated heterocycles. The lowest BCUT2D eigenvalue weighted by atomic mass is 9.74. The summed E-state index contributed by atoms with van der Waals surface area (Å²) in [7, 11) is 0.873. The van der Waals surface area contributed by atoms with E-state index in [2.05, 4.69) is 16.0 Å². The molecule has 3 N–H and O–H groups in total. The van der Waals surface area contributed by atoms with Crippen LogP contribution in [0.15, 0.2) is 54.6 Å². The number of hydrogen-bond acceptors (Lipinski definition) is 8. The number of morpholine rings is 1. The summed E-state index contributed by atoms with van der Waals surface area (Å²) in [6.45, 7) is 12.1. The fourth-order valence-corrected chi connectivity index (χ4v) is 5.24. The van der Waals surface area contributed by atoms with E-state index in [0.29, 0.717) is 38.5 Å². The average Bonchev–Trinajstić information content (AvgIpc) is 3.23. The average molecular weight is 623 g/mol. The summed E-state index contributed by atoms with van der Waals surface area (Å²) in [5.74, 6) is -0.971. The highest BCUT2D eigenvalue weighted by atomic mass is 16.7. The maximum atomic E-state index is 14.0. The Labute approximate surface area is 266 Å². The number of methoxy groups -OCH3 is 1. The van der Waals surface area contributed by atoms with Crippen LogP contribution in [0.2, 0.25) is 0 Å². The number of carbonyl (C=O) groups is 3. The molecule has 0 unspecified atom stereocenters. The molecule has 0 aliphatic carbocycles. The molecule has 12 heteroatoms. The first-order chi connectivity index (χ1) is 21.4. The molecular weight excluding hydrogens is 575 g/mol. The van der Waals surface area contributed by atoms with Crippen molar-refractivity contribution in [3.63, 3.8) is 0 Å². The molecule has 0 bridgehead atoms. The quantitative estimate of drug-likeness (QED) is 0.290. The molecule has 2 fully saturated rings. The molecule has 0 radical (unpaired) electrons. The second kappa shape index (κ2) is 15.2. The van der Waals surface area contributed by atoms with E-state index in [4.69, 9.17) is 18.8 Å². The van der Waals surface area contributed by atoms with E-state index in [-0.39, 0.29) is 24.8 Å². The monoisotopic (exact) mass is 622 g/mol. The van der Waals surface area contributed by atoms with E-state index >= 15 is 0 Å². The Balaban J connectivity index is 1.50. The molecular formula is C33H47BN4O7. The number of carbonyl (C=O) groups excluding carboxylic acids is 3. The number of nitrogens with one attached hydrogen (secondary N) is 3. The third-order valence-electron chi connectivity index (χ3n) is 8.70. The van der Waals surface area contributed by atoms with Crippen LogP contribution in [-0.4, -0.2) is 98.9 Å². The Morgan fingerprint density at radius 3 is 2.04 bits per heavy atom. The number of benzene rings is 2. The number of rotatable bonds is 13. The summed E-state index contributed by atoms with van der Waals surface area (Å²) >= 11 is 0. The predicted octanol–water partition coefficient (Wildman–Crippen LogP) is 1.92. The molecule has 244 valence electrons. The third kappa shape index (κ3) is 9.53. The zero-order valence-corrected chi connectivity index (χ0v) is 27.3. The Morgan fingerprint density at radius 1 is 0.844 bits per heavy atom. The predicted molar refractivity (Wildman–Crippen MR) is 172 cm³/mol. The third-order valence-corrected chi connectivity index (χ3v) is 8.70. The van der Waals surface area contributed by atoms with Gasteiger partial charge in [-0.2, -0.15) is 0 Å². The molecule has 45 heavy (non-hydrogen) atoms. The van der Waals surface area contributed by atoms with Gasteiger partial charge in [0.2, 0.25) is 17.7 Å². The fraction of sp³-hybridized carbons (Fsp3) is 0.545. The van der Waals surface area contributed by atoms with Crippen molar-refractivity contribution in [3.8, 4) is 5.75 Å². The highest BCUT2D eigenvalue weighted by molar-refractivity contribution is 6.48. The number of nitrogens with zero attached hydrogens (tertiary/aromatic N) is 1. The molecule has 2 aliphatic heterocycles. The number of hydrogen-bond donors (Lipinski definition) is 3. The zero-order chi connectivity index (χ0) is 32.6. The molecule has 3 atom stereocenters. The van der Waals surface area contributed by atoms with E-state index in [0.717, 1.165) is 11.1 Å². The minimum Gasteiger partial charge on any atom is -0.497 e. The van der Waals surface area contributed by atoms with Crippen molar-refractivity contribution < 1.29 is 33.2 Å². The van der Waals surface area contributed by atoms with Crippen LogP contribution in [0.25, 0.3) is 0 Å². The van der Waals surface area contributed by atoms with Gasteiger partial charge in [-0.1, -0.05) is 42.5 Å². The van der Waals surface area contributed by atoms with Crippen molar-refractivity contribution >= 4 is 24.8 Å². The summed E-state index contributed by atoms with van der Waals surface area (Å²) in [6, 6.07) is 15.3. The van der Waals surface area contributed by atoms with E-state index in [9.17, 15) is 14.4 Å². The summed E-state index contributed by atoms with van der Waals surface area (Å²) < 4.78 is 23.3. The lowest BCUT2D eigenvalue weighted by Crippen LogP contribution is -2.58. The fourth-order valence-electron chi connectivity index (χ4n) is 5.24. The molecule has 2 heterocycles. The Morgan fingerprint density at radius 2 is 1.44 bits per heavy atom. The first-order valence-electron chi connectivity index (χ1n) is 15.6. The van der Waals surface area contributed by atoms with E-state index in [1.165, 1.54) is 0 Å². The normalized spacial score (nSPS) is 19.6. The van der Waals surface area contributed by atoms with Gasteiger partial charge >= 0.3 is 7.12 Å². The maximum Gasteiger partial charge on any atom is 0.482 e. The molecule has 2 aliphatic rings. The molecule has 3 amide bonds. The van der Waals surface area contributed by atoms with Crippen molar-refractivity contribution in [1.29, 1.82) is 0 Å². The van der Waals surface area contributed by atoms with Crippen LogP contribution in [0.4, 0.5) is 0 Å². The van der Waals surface area contributed by atoms with Gasteiger partial charge < -0.3 is 34.7 Å². The van der Waals surface area contributed by atoms with Crippen LogP contribution in [0, 0.1) is 0 Å². The van der Waals surface area contributed by atoms with E-state index in [1.54, 1.807) is 14.0 Å². The van der Waals surface area contributed by atoms with Gasteiger partial charge in [-0.25, -0.2) is 0 Å². The van der Waals surface area contributed by atoms with Gasteiger partial charge in [-0.15, -0.1) is 0 Å². The highest BCUT2D eigenvalue weighted by Crippen LogP contribution is 2.38. The number of amides is 3. The molecule has 2 aromatic rings. The van der Waals surface area contributed by atoms with Gasteiger partial charge in [0, 0.05) is 19.5 Å². The van der Waals surface area contributed by atoms with Gasteiger partial charge in [0.15, 0.2) is 0 Å². The zero-order valence-electron chi connectivity index (χ0n) is 27.3. The second-order valence-electron chi connectivity index (χ2n) is 12.7. The van der Waals surface area contributed by atoms with Crippen molar-refractivity contribution in [2.45, 2.75) is 76.7 Å². The van der Waals surface area contributed by atoms with Crippen LogP contribution in [0.1, 0.15) is 45.7 Å². The highest BCUT2D eigenvalue weighted by Gasteiger charge is 2.54. The van der Waals surface area contributed by atoms with Crippen LogP contribution >= 0.6 is 0 Å². The Kier molecular flexibility index (Phi) is 11.6. The Bertz CT molecular complexity index is 1270. The maximum absolute atomic E-state index is 14.0. The molecule has 0 spiro atoms. The minimum absolute atomic E-state index is 0.173. The van der Waals surface area contributed by atoms with Gasteiger partial charge in [-0.05, 0) is 64.3 Å². The van der Waals surface area contributed by atoms with Gasteiger partial charge in [0.25, 0.3) is 0 Å². The Hall–Kier alpha value is -3.45. The van der Waals surface area contributed by atoms with Crippen LogP contribution in [0.3, 0.4) is 0 Å². The second-order valence-corrected chi connectivity index (χ2v) is 12.7. The molecule has 11 nitrogen and oxygen atoms in total. The first kappa shape index (κ1) is 34.4. The van der Waals surface area contributed by atoms with Gasteiger partial charge in [-0.3, -0.25) is 19.3 Å². The standard InChI is InChI=1S/C33H47BN4O7/c1-23(35-29(39)22-38-16-18-43-19-17-38)30(40)36-27(20-25-12-14-26(42-6)15-13-25)31(41)37-28(21-24-10-8-7-9-11-24)34-44-32(2,3)33(4,5)45-34/h7-15,23,27-28H,16-22H2,1-6H3,(H,35,39)(H,36,40)(H,37,41)/t23-,27-,28-/m0/s1. The summed E-state index contributed by atoms with van der Waals surface area (Å²) in [5.41, 5.74) is 0.645. The van der Waals surface area contributed by atoms with Gasteiger partial charge in [0.1, 0.15) is 17.8 Å². The topological polar surface area (TPSA) is 127 Å². The largest absolute Gasteiger partial charge is 0.497 e.